The number of methoxy groups -OCH3 is 1. The fourth-order valence-electron chi connectivity index (χ4n) is 4.72. The number of hydrogen-bond acceptors (Lipinski definition) is 3. The molecule has 1 aliphatic rings. The summed E-state index contributed by atoms with van der Waals surface area (Å²) in [6.45, 7) is 2.56. The molecule has 0 aromatic heterocycles. The van der Waals surface area contributed by atoms with Crippen LogP contribution in [0.4, 0.5) is 5.69 Å². The zero-order valence-electron chi connectivity index (χ0n) is 19.2. The number of rotatable bonds is 5. The van der Waals surface area contributed by atoms with Crippen LogP contribution in [0.25, 0.3) is 10.8 Å². The quantitative estimate of drug-likeness (QED) is 0.371. The Morgan fingerprint density at radius 1 is 0.939 bits per heavy atom. The van der Waals surface area contributed by atoms with E-state index in [1.165, 1.54) is 21.9 Å². The van der Waals surface area contributed by atoms with Crippen molar-refractivity contribution < 1.29 is 14.3 Å². The van der Waals surface area contributed by atoms with Crippen LogP contribution in [-0.2, 0) is 11.4 Å². The second-order valence-electron chi connectivity index (χ2n) is 8.55. The zero-order valence-corrected chi connectivity index (χ0v) is 19.2. The van der Waals surface area contributed by atoms with Crippen LogP contribution in [0.5, 0.6) is 11.5 Å². The summed E-state index contributed by atoms with van der Waals surface area (Å²) in [5, 5.41) is 2.35. The lowest BCUT2D eigenvalue weighted by Gasteiger charge is -2.33. The van der Waals surface area contributed by atoms with Gasteiger partial charge >= 0.3 is 0 Å². The molecule has 4 heteroatoms. The third-order valence-corrected chi connectivity index (χ3v) is 6.64. The first-order chi connectivity index (χ1) is 16.1. The van der Waals surface area contributed by atoms with Crippen molar-refractivity contribution >= 4 is 22.4 Å². The molecule has 1 aliphatic heterocycles. The van der Waals surface area contributed by atoms with Gasteiger partial charge in [-0.1, -0.05) is 60.7 Å². The number of amides is 1. The number of aryl methyl sites for hydroxylation is 1. The molecule has 166 valence electrons. The third kappa shape index (κ3) is 3.82. The Hall–Kier alpha value is -3.79. The molecule has 5 rings (SSSR count). The molecule has 0 N–H and O–H groups in total. The zero-order chi connectivity index (χ0) is 22.9. The van der Waals surface area contributed by atoms with E-state index in [-0.39, 0.29) is 11.8 Å². The fraction of sp³-hybridized carbons (Fsp3) is 0.207. The second kappa shape index (κ2) is 8.62. The van der Waals surface area contributed by atoms with Crippen LogP contribution >= 0.6 is 0 Å². The van der Waals surface area contributed by atoms with Crippen LogP contribution in [0.2, 0.25) is 0 Å². The van der Waals surface area contributed by atoms with Crippen molar-refractivity contribution in [3.8, 4) is 11.5 Å². The maximum absolute atomic E-state index is 12.9. The summed E-state index contributed by atoms with van der Waals surface area (Å²) in [4.78, 5) is 14.6. The van der Waals surface area contributed by atoms with Gasteiger partial charge in [0, 0.05) is 25.1 Å². The van der Waals surface area contributed by atoms with Crippen LogP contribution in [-0.4, -0.2) is 20.1 Å². The van der Waals surface area contributed by atoms with Gasteiger partial charge in [-0.15, -0.1) is 0 Å². The molecule has 1 heterocycles. The molecule has 33 heavy (non-hydrogen) atoms. The van der Waals surface area contributed by atoms with E-state index in [9.17, 15) is 4.79 Å². The Kier molecular flexibility index (Phi) is 5.51. The topological polar surface area (TPSA) is 38.8 Å². The van der Waals surface area contributed by atoms with E-state index in [0.717, 1.165) is 16.8 Å². The third-order valence-electron chi connectivity index (χ3n) is 6.64. The molecule has 0 fully saturated rings. The average Bonchev–Trinajstić information content (AvgIpc) is 2.85. The highest BCUT2D eigenvalue weighted by Crippen LogP contribution is 2.45. The first kappa shape index (κ1) is 21.1. The minimum Gasteiger partial charge on any atom is -0.493 e. The highest BCUT2D eigenvalue weighted by Gasteiger charge is 2.32. The summed E-state index contributed by atoms with van der Waals surface area (Å²) < 4.78 is 11.8. The maximum Gasteiger partial charge on any atom is 0.227 e. The van der Waals surface area contributed by atoms with E-state index in [1.54, 1.807) is 12.0 Å². The SMILES string of the molecule is COc1cc(C2CC(=O)N(C)c3ccc4ccccc4c32)ccc1OCc1ccccc1C. The van der Waals surface area contributed by atoms with Gasteiger partial charge in [-0.25, -0.2) is 0 Å². The minimum atomic E-state index is -0.0471. The van der Waals surface area contributed by atoms with Gasteiger partial charge in [-0.05, 0) is 58.1 Å². The van der Waals surface area contributed by atoms with Crippen LogP contribution in [0.3, 0.4) is 0 Å². The number of anilines is 1. The lowest BCUT2D eigenvalue weighted by Crippen LogP contribution is -2.33. The Labute approximate surface area is 194 Å². The van der Waals surface area contributed by atoms with E-state index >= 15 is 0 Å². The van der Waals surface area contributed by atoms with Crippen LogP contribution in [0, 0.1) is 6.92 Å². The van der Waals surface area contributed by atoms with Gasteiger partial charge in [0.1, 0.15) is 6.61 Å². The molecule has 4 nitrogen and oxygen atoms in total. The summed E-state index contributed by atoms with van der Waals surface area (Å²) >= 11 is 0. The van der Waals surface area contributed by atoms with Gasteiger partial charge in [-0.3, -0.25) is 4.79 Å². The number of benzene rings is 4. The van der Waals surface area contributed by atoms with E-state index in [4.69, 9.17) is 9.47 Å². The normalized spacial score (nSPS) is 15.4. The lowest BCUT2D eigenvalue weighted by atomic mass is 9.81. The van der Waals surface area contributed by atoms with Crippen LogP contribution in [0.1, 0.15) is 34.6 Å². The fourth-order valence-corrected chi connectivity index (χ4v) is 4.72. The van der Waals surface area contributed by atoms with Gasteiger partial charge in [0.25, 0.3) is 0 Å². The van der Waals surface area contributed by atoms with Crippen molar-refractivity contribution in [2.75, 3.05) is 19.1 Å². The Bertz CT molecular complexity index is 1340. The lowest BCUT2D eigenvalue weighted by molar-refractivity contribution is -0.118. The number of carbonyl (C=O) groups is 1. The van der Waals surface area contributed by atoms with Crippen molar-refractivity contribution in [2.24, 2.45) is 0 Å². The number of nitrogens with zero attached hydrogens (tertiary/aromatic N) is 1. The largest absolute Gasteiger partial charge is 0.493 e. The Balaban J connectivity index is 1.53. The number of fused-ring (bicyclic) bond motifs is 3. The first-order valence-corrected chi connectivity index (χ1v) is 11.2. The molecular weight excluding hydrogens is 410 g/mol. The van der Waals surface area contributed by atoms with Gasteiger partial charge in [0.15, 0.2) is 11.5 Å². The molecule has 4 aromatic carbocycles. The predicted octanol–water partition coefficient (Wildman–Crippen LogP) is 6.23. The summed E-state index contributed by atoms with van der Waals surface area (Å²) in [5.74, 6) is 1.44. The molecule has 0 radical (unpaired) electrons. The summed E-state index contributed by atoms with van der Waals surface area (Å²) in [5.41, 5.74) is 5.54. The molecular formula is C29H27NO3. The Morgan fingerprint density at radius 3 is 2.55 bits per heavy atom. The molecule has 0 bridgehead atoms. The van der Waals surface area contributed by atoms with Gasteiger partial charge in [0.05, 0.1) is 7.11 Å². The molecule has 1 amide bonds. The van der Waals surface area contributed by atoms with Crippen LogP contribution in [0.15, 0.2) is 78.9 Å². The van der Waals surface area contributed by atoms with Gasteiger partial charge in [0.2, 0.25) is 5.91 Å². The van der Waals surface area contributed by atoms with E-state index in [0.29, 0.717) is 24.5 Å². The van der Waals surface area contributed by atoms with Crippen LogP contribution < -0.4 is 14.4 Å². The van der Waals surface area contributed by atoms with Crippen molar-refractivity contribution in [1.29, 1.82) is 0 Å². The van der Waals surface area contributed by atoms with Crippen molar-refractivity contribution in [1.82, 2.24) is 0 Å². The molecule has 0 saturated heterocycles. The van der Waals surface area contributed by atoms with E-state index in [1.807, 2.05) is 37.4 Å². The van der Waals surface area contributed by atoms with E-state index < -0.39 is 0 Å². The summed E-state index contributed by atoms with van der Waals surface area (Å²) in [6.07, 6.45) is 0.421. The van der Waals surface area contributed by atoms with Crippen molar-refractivity contribution in [3.05, 3.63) is 101 Å². The molecule has 4 aromatic rings. The van der Waals surface area contributed by atoms with E-state index in [2.05, 4.69) is 55.5 Å². The standard InChI is InChI=1S/C29H27NO3/c1-19-8-4-5-10-22(19)18-33-26-15-13-21(16-27(26)32-3)24-17-28(31)30(2)25-14-12-20-9-6-7-11-23(20)29(24)25/h4-16,24H,17-18H2,1-3H3. The minimum absolute atomic E-state index is 0.0471. The monoisotopic (exact) mass is 437 g/mol. The molecule has 0 aliphatic carbocycles. The second-order valence-corrected chi connectivity index (χ2v) is 8.55. The molecule has 0 spiro atoms. The Morgan fingerprint density at radius 2 is 1.73 bits per heavy atom. The average molecular weight is 438 g/mol. The first-order valence-electron chi connectivity index (χ1n) is 11.2. The molecule has 1 atom stereocenters. The van der Waals surface area contributed by atoms with Crippen molar-refractivity contribution in [2.45, 2.75) is 25.9 Å². The van der Waals surface area contributed by atoms with Gasteiger partial charge < -0.3 is 14.4 Å². The number of carbonyl (C=O) groups excluding carboxylic acids is 1. The molecule has 1 unspecified atom stereocenters. The predicted molar refractivity (Wildman–Crippen MR) is 132 cm³/mol. The highest BCUT2D eigenvalue weighted by atomic mass is 16.5. The van der Waals surface area contributed by atoms with Crippen molar-refractivity contribution in [3.63, 3.8) is 0 Å². The number of hydrogen-bond donors (Lipinski definition) is 0. The molecule has 0 saturated carbocycles. The summed E-state index contributed by atoms with van der Waals surface area (Å²) in [6, 6.07) is 26.7. The highest BCUT2D eigenvalue weighted by molar-refractivity contribution is 6.02. The number of ether oxygens (including phenoxy) is 2. The maximum atomic E-state index is 12.9. The van der Waals surface area contributed by atoms with Gasteiger partial charge in [-0.2, -0.15) is 0 Å². The smallest absolute Gasteiger partial charge is 0.227 e. The summed E-state index contributed by atoms with van der Waals surface area (Å²) in [7, 11) is 3.51.